The summed E-state index contributed by atoms with van der Waals surface area (Å²) in [5.41, 5.74) is 6.87. The van der Waals surface area contributed by atoms with Crippen LogP contribution in [0, 0.1) is 0 Å². The van der Waals surface area contributed by atoms with Crippen LogP contribution in [0.25, 0.3) is 20.3 Å². The van der Waals surface area contributed by atoms with Crippen LogP contribution >= 0.6 is 22.9 Å². The molecule has 0 spiro atoms. The van der Waals surface area contributed by atoms with Crippen molar-refractivity contribution in [3.8, 4) is 0 Å². The highest BCUT2D eigenvalue weighted by molar-refractivity contribution is 7.26. The number of thiophene rings is 1. The van der Waals surface area contributed by atoms with Gasteiger partial charge >= 0.3 is 12.1 Å². The first kappa shape index (κ1) is 21.3. The number of carboxylic acids is 1. The fourth-order valence-electron chi connectivity index (χ4n) is 2.85. The summed E-state index contributed by atoms with van der Waals surface area (Å²) >= 11 is 7.84. The van der Waals surface area contributed by atoms with E-state index in [4.69, 9.17) is 27.2 Å². The minimum absolute atomic E-state index is 0.320. The predicted molar refractivity (Wildman–Crippen MR) is 108 cm³/mol. The number of anilines is 2. The zero-order valence-corrected chi connectivity index (χ0v) is 16.8. The summed E-state index contributed by atoms with van der Waals surface area (Å²) in [7, 11) is 2.14. The van der Waals surface area contributed by atoms with Crippen molar-refractivity contribution in [2.45, 2.75) is 6.18 Å². The molecule has 29 heavy (non-hydrogen) atoms. The Bertz CT molecular complexity index is 1050. The van der Waals surface area contributed by atoms with Gasteiger partial charge in [-0.2, -0.15) is 18.2 Å². The molecule has 0 radical (unpaired) electrons. The molecular weight excluding hydrogens is 431 g/mol. The highest BCUT2D eigenvalue weighted by Crippen LogP contribution is 2.39. The van der Waals surface area contributed by atoms with Gasteiger partial charge in [-0.05, 0) is 25.2 Å². The Labute approximate surface area is 172 Å². The summed E-state index contributed by atoms with van der Waals surface area (Å²) in [5.74, 6) is -1.48. The molecule has 1 fully saturated rings. The summed E-state index contributed by atoms with van der Waals surface area (Å²) < 4.78 is 34.0. The molecule has 0 bridgehead atoms. The monoisotopic (exact) mass is 447 g/mol. The smallest absolute Gasteiger partial charge is 0.475 e. The summed E-state index contributed by atoms with van der Waals surface area (Å²) in [6.45, 7) is 3.97. The minimum atomic E-state index is -5.08. The second-order valence-electron chi connectivity index (χ2n) is 6.42. The van der Waals surface area contributed by atoms with Crippen LogP contribution in [-0.4, -0.2) is 65.3 Å². The van der Waals surface area contributed by atoms with Crippen LogP contribution in [0.15, 0.2) is 18.2 Å². The Morgan fingerprint density at radius 2 is 1.86 bits per heavy atom. The maximum atomic E-state index is 10.6. The number of halogens is 4. The third-order valence-corrected chi connectivity index (χ3v) is 5.71. The Balaban J connectivity index is 0.000000298. The number of fused-ring (bicyclic) bond motifs is 3. The number of rotatable bonds is 1. The number of carbonyl (C=O) groups is 1. The molecule has 156 valence electrons. The molecule has 1 aliphatic heterocycles. The van der Waals surface area contributed by atoms with Gasteiger partial charge in [-0.25, -0.2) is 9.78 Å². The lowest BCUT2D eigenvalue weighted by Gasteiger charge is -2.33. The van der Waals surface area contributed by atoms with E-state index in [-0.39, 0.29) is 0 Å². The SMILES string of the molecule is CN1CCN(c2nc(N)nc3c2sc2ccc(Cl)cc23)CC1.O=C(O)C(F)(F)F. The molecule has 3 N–H and O–H groups in total. The van der Waals surface area contributed by atoms with Crippen molar-refractivity contribution in [1.29, 1.82) is 0 Å². The lowest BCUT2D eigenvalue weighted by atomic mass is 10.2. The number of alkyl halides is 3. The number of aromatic nitrogens is 2. The van der Waals surface area contributed by atoms with E-state index in [2.05, 4.69) is 26.8 Å². The molecule has 1 aromatic carbocycles. The van der Waals surface area contributed by atoms with Crippen LogP contribution in [-0.2, 0) is 4.79 Å². The quantitative estimate of drug-likeness (QED) is 0.589. The molecule has 0 unspecified atom stereocenters. The van der Waals surface area contributed by atoms with Gasteiger partial charge in [0.2, 0.25) is 5.95 Å². The molecule has 0 aliphatic carbocycles. The number of nitrogens with two attached hydrogens (primary N) is 1. The second kappa shape index (κ2) is 8.17. The van der Waals surface area contributed by atoms with Gasteiger partial charge in [0.25, 0.3) is 0 Å². The largest absolute Gasteiger partial charge is 0.490 e. The Morgan fingerprint density at radius 1 is 1.24 bits per heavy atom. The van der Waals surface area contributed by atoms with Crippen molar-refractivity contribution in [2.75, 3.05) is 43.9 Å². The van der Waals surface area contributed by atoms with E-state index in [1.807, 2.05) is 18.2 Å². The number of carboxylic acid groups (broad SMARTS) is 1. The van der Waals surface area contributed by atoms with Crippen molar-refractivity contribution >= 4 is 61.0 Å². The van der Waals surface area contributed by atoms with E-state index in [1.54, 1.807) is 11.3 Å². The van der Waals surface area contributed by atoms with Crippen LogP contribution in [0.1, 0.15) is 0 Å². The van der Waals surface area contributed by atoms with Gasteiger partial charge in [0.05, 0.1) is 10.2 Å². The van der Waals surface area contributed by atoms with Crippen molar-refractivity contribution in [3.05, 3.63) is 23.2 Å². The van der Waals surface area contributed by atoms with Gasteiger partial charge in [-0.15, -0.1) is 11.3 Å². The number of hydrogen-bond donors (Lipinski definition) is 2. The van der Waals surface area contributed by atoms with Gasteiger partial charge in [0.15, 0.2) is 5.82 Å². The molecule has 2 aromatic heterocycles. The van der Waals surface area contributed by atoms with Crippen LogP contribution < -0.4 is 10.6 Å². The van der Waals surface area contributed by atoms with Gasteiger partial charge < -0.3 is 20.6 Å². The van der Waals surface area contributed by atoms with Crippen molar-refractivity contribution in [1.82, 2.24) is 14.9 Å². The second-order valence-corrected chi connectivity index (χ2v) is 7.91. The standard InChI is InChI=1S/C15H16ClN5S.C2HF3O2/c1-20-4-6-21(7-5-20)14-13-12(18-15(17)19-14)10-8-9(16)2-3-11(10)22-13;3-2(4,5)1(6)7/h2-3,8H,4-7H2,1H3,(H2,17,18,19);(H,6,7). The third-order valence-electron chi connectivity index (χ3n) is 4.32. The van der Waals surface area contributed by atoms with Crippen molar-refractivity contribution in [2.24, 2.45) is 0 Å². The molecule has 7 nitrogen and oxygen atoms in total. The van der Waals surface area contributed by atoms with Gasteiger partial charge in [-0.1, -0.05) is 11.6 Å². The van der Waals surface area contributed by atoms with Crippen LogP contribution in [0.4, 0.5) is 24.9 Å². The Kier molecular flexibility index (Phi) is 6.01. The van der Waals surface area contributed by atoms with E-state index < -0.39 is 12.1 Å². The van der Waals surface area contributed by atoms with Crippen LogP contribution in [0.5, 0.6) is 0 Å². The van der Waals surface area contributed by atoms with E-state index in [9.17, 15) is 13.2 Å². The molecule has 0 atom stereocenters. The van der Waals surface area contributed by atoms with Gasteiger partial charge in [0, 0.05) is 41.3 Å². The first-order valence-electron chi connectivity index (χ1n) is 8.45. The number of piperazine rings is 1. The highest BCUT2D eigenvalue weighted by Gasteiger charge is 2.38. The highest BCUT2D eigenvalue weighted by atomic mass is 35.5. The fraction of sp³-hybridized carbons (Fsp3) is 0.353. The molecule has 3 aromatic rings. The van der Waals surface area contributed by atoms with Crippen LogP contribution in [0.2, 0.25) is 5.02 Å². The molecule has 0 saturated carbocycles. The molecule has 12 heteroatoms. The molecule has 4 rings (SSSR count). The summed E-state index contributed by atoms with van der Waals surface area (Å²) in [4.78, 5) is 22.5. The third kappa shape index (κ3) is 4.80. The molecule has 1 saturated heterocycles. The minimum Gasteiger partial charge on any atom is -0.475 e. The topological polar surface area (TPSA) is 95.6 Å². The van der Waals surface area contributed by atoms with Crippen LogP contribution in [0.3, 0.4) is 0 Å². The number of likely N-dealkylation sites (N-methyl/N-ethyl adjacent to an activating group) is 1. The Morgan fingerprint density at radius 3 is 2.45 bits per heavy atom. The normalized spacial score (nSPS) is 15.4. The van der Waals surface area contributed by atoms with Gasteiger partial charge in [-0.3, -0.25) is 0 Å². The summed E-state index contributed by atoms with van der Waals surface area (Å²) in [5, 5.41) is 8.89. The van der Waals surface area contributed by atoms with E-state index >= 15 is 0 Å². The number of nitrogen functional groups attached to an aromatic ring is 1. The van der Waals surface area contributed by atoms with E-state index in [0.717, 1.165) is 52.3 Å². The lowest BCUT2D eigenvalue weighted by Crippen LogP contribution is -2.44. The summed E-state index contributed by atoms with van der Waals surface area (Å²) in [6, 6.07) is 5.90. The summed E-state index contributed by atoms with van der Waals surface area (Å²) in [6.07, 6.45) is -5.08. The van der Waals surface area contributed by atoms with E-state index in [0.29, 0.717) is 11.0 Å². The number of benzene rings is 1. The molecular formula is C17H17ClF3N5O2S. The maximum Gasteiger partial charge on any atom is 0.490 e. The average Bonchev–Trinajstić information content (AvgIpc) is 2.99. The van der Waals surface area contributed by atoms with E-state index in [1.165, 1.54) is 0 Å². The zero-order chi connectivity index (χ0) is 21.3. The molecule has 1 aliphatic rings. The lowest BCUT2D eigenvalue weighted by molar-refractivity contribution is -0.192. The first-order valence-corrected chi connectivity index (χ1v) is 9.64. The van der Waals surface area contributed by atoms with Crippen molar-refractivity contribution < 1.29 is 23.1 Å². The average molecular weight is 448 g/mol. The predicted octanol–water partition coefficient (Wildman–Crippen LogP) is 3.47. The van der Waals surface area contributed by atoms with Crippen molar-refractivity contribution in [3.63, 3.8) is 0 Å². The number of nitrogens with zero attached hydrogens (tertiary/aromatic N) is 4. The number of hydrogen-bond acceptors (Lipinski definition) is 7. The number of aliphatic carboxylic acids is 1. The Hall–Kier alpha value is -2.37. The van der Waals surface area contributed by atoms with Gasteiger partial charge in [0.1, 0.15) is 0 Å². The zero-order valence-electron chi connectivity index (χ0n) is 15.2. The fourth-order valence-corrected chi connectivity index (χ4v) is 4.16. The first-order chi connectivity index (χ1) is 13.6. The maximum absolute atomic E-state index is 10.6. The molecule has 3 heterocycles. The molecule has 0 amide bonds.